The van der Waals surface area contributed by atoms with Crippen LogP contribution in [-0.4, -0.2) is 24.5 Å². The molecule has 0 amide bonds. The summed E-state index contributed by atoms with van der Waals surface area (Å²) in [7, 11) is 1.22. The Hall–Kier alpha value is -1.95. The summed E-state index contributed by atoms with van der Waals surface area (Å²) >= 11 is 0. The Labute approximate surface area is 92.2 Å². The molecule has 0 bridgehead atoms. The first-order valence-electron chi connectivity index (χ1n) is 4.63. The lowest BCUT2D eigenvalue weighted by molar-refractivity contribution is -0.385. The van der Waals surface area contributed by atoms with E-state index in [9.17, 15) is 14.9 Å². The predicted molar refractivity (Wildman–Crippen MR) is 56.9 cm³/mol. The maximum atomic E-state index is 11.4. The average molecular weight is 224 g/mol. The lowest BCUT2D eigenvalue weighted by Crippen LogP contribution is -2.23. The zero-order valence-corrected chi connectivity index (χ0v) is 8.75. The highest BCUT2D eigenvalue weighted by molar-refractivity contribution is 5.79. The Morgan fingerprint density at radius 2 is 2.19 bits per heavy atom. The largest absolute Gasteiger partial charge is 0.469 e. The van der Waals surface area contributed by atoms with Gasteiger partial charge in [0.25, 0.3) is 5.69 Å². The topological polar surface area (TPSA) is 95.5 Å². The normalized spacial score (nSPS) is 11.9. The minimum absolute atomic E-state index is 0.0302. The molecule has 0 spiro atoms. The third kappa shape index (κ3) is 2.34. The molecule has 6 nitrogen and oxygen atoms in total. The Bertz CT molecular complexity index is 406. The predicted octanol–water partition coefficient (Wildman–Crippen LogP) is 0.810. The summed E-state index contributed by atoms with van der Waals surface area (Å²) in [6.45, 7) is -0.0302. The van der Waals surface area contributed by atoms with Crippen molar-refractivity contribution in [2.24, 2.45) is 5.73 Å². The van der Waals surface area contributed by atoms with Gasteiger partial charge in [0.2, 0.25) is 0 Å². The van der Waals surface area contributed by atoms with E-state index in [1.165, 1.54) is 25.3 Å². The lowest BCUT2D eigenvalue weighted by atomic mass is 9.97. The number of rotatable bonds is 4. The van der Waals surface area contributed by atoms with Crippen LogP contribution in [0.3, 0.4) is 0 Å². The van der Waals surface area contributed by atoms with E-state index in [0.29, 0.717) is 0 Å². The van der Waals surface area contributed by atoms with Crippen LogP contribution in [0.15, 0.2) is 24.3 Å². The van der Waals surface area contributed by atoms with Gasteiger partial charge in [-0.1, -0.05) is 18.2 Å². The highest BCUT2D eigenvalue weighted by atomic mass is 16.6. The van der Waals surface area contributed by atoms with Crippen LogP contribution in [0.5, 0.6) is 0 Å². The molecular formula is C10H12N2O4. The number of nitrogens with two attached hydrogens (primary N) is 1. The van der Waals surface area contributed by atoms with E-state index in [-0.39, 0.29) is 17.8 Å². The van der Waals surface area contributed by atoms with Gasteiger partial charge < -0.3 is 10.5 Å². The summed E-state index contributed by atoms with van der Waals surface area (Å²) in [5.41, 5.74) is 5.58. The molecule has 1 atom stereocenters. The molecule has 1 unspecified atom stereocenters. The Kier molecular flexibility index (Phi) is 3.96. The van der Waals surface area contributed by atoms with Gasteiger partial charge in [0.05, 0.1) is 12.0 Å². The van der Waals surface area contributed by atoms with Gasteiger partial charge in [-0.3, -0.25) is 14.9 Å². The van der Waals surface area contributed by atoms with Gasteiger partial charge >= 0.3 is 5.97 Å². The lowest BCUT2D eigenvalue weighted by Gasteiger charge is -2.12. The fourth-order valence-electron chi connectivity index (χ4n) is 1.44. The van der Waals surface area contributed by atoms with Gasteiger partial charge in [0.1, 0.15) is 5.92 Å². The molecule has 1 aromatic rings. The van der Waals surface area contributed by atoms with Gasteiger partial charge in [-0.15, -0.1) is 0 Å². The van der Waals surface area contributed by atoms with Gasteiger partial charge in [0, 0.05) is 18.2 Å². The highest BCUT2D eigenvalue weighted by Gasteiger charge is 2.26. The molecule has 0 saturated carbocycles. The first-order chi connectivity index (χ1) is 7.61. The maximum Gasteiger partial charge on any atom is 0.314 e. The van der Waals surface area contributed by atoms with Crippen molar-refractivity contribution in [3.63, 3.8) is 0 Å². The van der Waals surface area contributed by atoms with Gasteiger partial charge in [-0.05, 0) is 0 Å². The molecule has 16 heavy (non-hydrogen) atoms. The van der Waals surface area contributed by atoms with E-state index in [2.05, 4.69) is 4.74 Å². The quantitative estimate of drug-likeness (QED) is 0.464. The first kappa shape index (κ1) is 12.1. The Balaban J connectivity index is 3.19. The molecule has 0 radical (unpaired) electrons. The number of carbonyl (C=O) groups is 1. The van der Waals surface area contributed by atoms with E-state index >= 15 is 0 Å². The third-order valence-electron chi connectivity index (χ3n) is 2.23. The van der Waals surface area contributed by atoms with Crippen LogP contribution in [0.1, 0.15) is 11.5 Å². The van der Waals surface area contributed by atoms with Crippen LogP contribution in [-0.2, 0) is 9.53 Å². The van der Waals surface area contributed by atoms with Crippen LogP contribution in [0, 0.1) is 10.1 Å². The molecule has 0 saturated heterocycles. The van der Waals surface area contributed by atoms with E-state index in [0.717, 1.165) is 0 Å². The SMILES string of the molecule is COC(=O)C(CN)c1ccccc1[N+](=O)[O-]. The van der Waals surface area contributed by atoms with Crippen molar-refractivity contribution in [3.8, 4) is 0 Å². The van der Waals surface area contributed by atoms with E-state index in [4.69, 9.17) is 5.73 Å². The van der Waals surface area contributed by atoms with Crippen LogP contribution >= 0.6 is 0 Å². The Morgan fingerprint density at radius 3 is 2.69 bits per heavy atom. The van der Waals surface area contributed by atoms with Crippen LogP contribution in [0.4, 0.5) is 5.69 Å². The van der Waals surface area contributed by atoms with Crippen molar-refractivity contribution in [2.75, 3.05) is 13.7 Å². The number of benzene rings is 1. The summed E-state index contributed by atoms with van der Waals surface area (Å²) in [5, 5.41) is 10.8. The second-order valence-electron chi connectivity index (χ2n) is 3.13. The number of ether oxygens (including phenoxy) is 1. The molecule has 0 aliphatic heterocycles. The monoisotopic (exact) mass is 224 g/mol. The van der Waals surface area contributed by atoms with Crippen LogP contribution < -0.4 is 5.73 Å². The molecule has 0 aliphatic carbocycles. The zero-order valence-electron chi connectivity index (χ0n) is 8.75. The molecule has 0 aliphatic rings. The van der Waals surface area contributed by atoms with Crippen molar-refractivity contribution >= 4 is 11.7 Å². The fourth-order valence-corrected chi connectivity index (χ4v) is 1.44. The third-order valence-corrected chi connectivity index (χ3v) is 2.23. The number of nitrogens with zero attached hydrogens (tertiary/aromatic N) is 1. The standard InChI is InChI=1S/C10H12N2O4/c1-16-10(13)8(6-11)7-4-2-3-5-9(7)12(14)15/h2-5,8H,6,11H2,1H3. The molecule has 86 valence electrons. The second-order valence-corrected chi connectivity index (χ2v) is 3.13. The number of hydrogen-bond donors (Lipinski definition) is 1. The molecule has 1 aromatic carbocycles. The summed E-state index contributed by atoms with van der Waals surface area (Å²) in [6.07, 6.45) is 0. The van der Waals surface area contributed by atoms with Gasteiger partial charge in [-0.25, -0.2) is 0 Å². The van der Waals surface area contributed by atoms with Gasteiger partial charge in [-0.2, -0.15) is 0 Å². The first-order valence-corrected chi connectivity index (χ1v) is 4.63. The van der Waals surface area contributed by atoms with Crippen molar-refractivity contribution in [3.05, 3.63) is 39.9 Å². The van der Waals surface area contributed by atoms with Crippen LogP contribution in [0.2, 0.25) is 0 Å². The number of carbonyl (C=O) groups excluding carboxylic acids is 1. The minimum atomic E-state index is -0.799. The summed E-state index contributed by atoms with van der Waals surface area (Å²) in [5.74, 6) is -1.37. The maximum absolute atomic E-state index is 11.4. The zero-order chi connectivity index (χ0) is 12.1. The summed E-state index contributed by atoms with van der Waals surface area (Å²) in [4.78, 5) is 21.6. The molecular weight excluding hydrogens is 212 g/mol. The van der Waals surface area contributed by atoms with Gasteiger partial charge in [0.15, 0.2) is 0 Å². The number of hydrogen-bond acceptors (Lipinski definition) is 5. The van der Waals surface area contributed by atoms with E-state index < -0.39 is 16.8 Å². The van der Waals surface area contributed by atoms with Crippen LogP contribution in [0.25, 0.3) is 0 Å². The van der Waals surface area contributed by atoms with Crippen molar-refractivity contribution in [1.82, 2.24) is 0 Å². The minimum Gasteiger partial charge on any atom is -0.469 e. The number of methoxy groups -OCH3 is 1. The number of nitro groups is 1. The molecule has 2 N–H and O–H groups in total. The van der Waals surface area contributed by atoms with E-state index in [1.54, 1.807) is 6.07 Å². The fraction of sp³-hybridized carbons (Fsp3) is 0.300. The molecule has 0 aromatic heterocycles. The molecule has 1 rings (SSSR count). The second kappa shape index (κ2) is 5.22. The highest BCUT2D eigenvalue weighted by Crippen LogP contribution is 2.26. The van der Waals surface area contributed by atoms with Crippen molar-refractivity contribution in [1.29, 1.82) is 0 Å². The molecule has 0 fully saturated rings. The number of para-hydroxylation sites is 1. The van der Waals surface area contributed by atoms with Crippen molar-refractivity contribution < 1.29 is 14.5 Å². The average Bonchev–Trinajstić information content (AvgIpc) is 2.30. The summed E-state index contributed by atoms with van der Waals surface area (Å²) < 4.78 is 4.55. The number of nitro benzene ring substituents is 1. The van der Waals surface area contributed by atoms with E-state index in [1.807, 2.05) is 0 Å². The summed E-state index contributed by atoms with van der Waals surface area (Å²) in [6, 6.07) is 5.99. The smallest absolute Gasteiger partial charge is 0.314 e. The number of esters is 1. The Morgan fingerprint density at radius 1 is 1.56 bits per heavy atom. The van der Waals surface area contributed by atoms with Crippen molar-refractivity contribution in [2.45, 2.75) is 5.92 Å². The molecule has 0 heterocycles. The molecule has 6 heteroatoms.